The number of hydrogen-bond acceptors (Lipinski definition) is 5. The van der Waals surface area contributed by atoms with Crippen molar-refractivity contribution in [2.24, 2.45) is 7.05 Å². The van der Waals surface area contributed by atoms with Gasteiger partial charge < -0.3 is 19.1 Å². The van der Waals surface area contributed by atoms with Gasteiger partial charge in [0.25, 0.3) is 0 Å². The Morgan fingerprint density at radius 1 is 1.40 bits per heavy atom. The van der Waals surface area contributed by atoms with Crippen molar-refractivity contribution in [1.82, 2.24) is 9.47 Å². The average Bonchev–Trinajstić information content (AvgIpc) is 3.11. The summed E-state index contributed by atoms with van der Waals surface area (Å²) in [4.78, 5) is 26.7. The van der Waals surface area contributed by atoms with Gasteiger partial charge in [-0.2, -0.15) is 0 Å². The van der Waals surface area contributed by atoms with Gasteiger partial charge in [-0.05, 0) is 45.9 Å². The molecule has 1 aliphatic rings. The van der Waals surface area contributed by atoms with Crippen molar-refractivity contribution in [2.45, 2.75) is 44.9 Å². The number of carbonyl (C=O) groups excluding carboxylic acids is 2. The Labute approximate surface area is 147 Å². The van der Waals surface area contributed by atoms with Gasteiger partial charge in [-0.25, -0.2) is 9.59 Å². The first kappa shape index (κ1) is 19.1. The summed E-state index contributed by atoms with van der Waals surface area (Å²) in [6, 6.07) is 3.46. The summed E-state index contributed by atoms with van der Waals surface area (Å²) in [5.41, 5.74) is -1.89. The van der Waals surface area contributed by atoms with Gasteiger partial charge in [-0.3, -0.25) is 4.90 Å². The number of rotatable bonds is 4. The van der Waals surface area contributed by atoms with Gasteiger partial charge in [0, 0.05) is 25.5 Å². The number of aryl methyl sites for hydroxylation is 1. The first-order chi connectivity index (χ1) is 11.6. The molecule has 0 saturated heterocycles. The van der Waals surface area contributed by atoms with E-state index in [9.17, 15) is 14.7 Å². The van der Waals surface area contributed by atoms with Crippen molar-refractivity contribution < 1.29 is 24.2 Å². The standard InChI is InChI=1S/C18H26N2O5/c1-6-24-15(22)18(14(21)13-9-7-11-19(13)5)10-8-12-20(18)16(23)25-17(2,3)4/h7-11,14,21H,6,12H2,1-5H3/t14-,18-/m1/s1. The maximum absolute atomic E-state index is 12.8. The van der Waals surface area contributed by atoms with Crippen LogP contribution >= 0.6 is 0 Å². The lowest BCUT2D eigenvalue weighted by Crippen LogP contribution is -2.58. The number of carbonyl (C=O) groups is 2. The second kappa shape index (κ2) is 6.92. The van der Waals surface area contributed by atoms with E-state index in [-0.39, 0.29) is 13.2 Å². The molecule has 2 rings (SSSR count). The topological polar surface area (TPSA) is 81.0 Å². The van der Waals surface area contributed by atoms with Crippen molar-refractivity contribution in [1.29, 1.82) is 0 Å². The summed E-state index contributed by atoms with van der Waals surface area (Å²) < 4.78 is 12.3. The van der Waals surface area contributed by atoms with Crippen LogP contribution in [-0.4, -0.2) is 50.9 Å². The van der Waals surface area contributed by atoms with Crippen LogP contribution in [-0.2, 0) is 21.3 Å². The first-order valence-electron chi connectivity index (χ1n) is 8.28. The third-order valence-electron chi connectivity index (χ3n) is 4.00. The molecule has 1 aliphatic heterocycles. The zero-order valence-corrected chi connectivity index (χ0v) is 15.4. The maximum Gasteiger partial charge on any atom is 0.411 e. The third kappa shape index (κ3) is 3.56. The summed E-state index contributed by atoms with van der Waals surface area (Å²) in [6.45, 7) is 7.19. The van der Waals surface area contributed by atoms with Crippen molar-refractivity contribution >= 4 is 12.1 Å². The molecule has 2 heterocycles. The Morgan fingerprint density at radius 3 is 2.60 bits per heavy atom. The number of hydrogen-bond donors (Lipinski definition) is 1. The van der Waals surface area contributed by atoms with Gasteiger partial charge in [0.15, 0.2) is 5.54 Å². The highest BCUT2D eigenvalue weighted by molar-refractivity contribution is 5.90. The molecule has 0 aromatic carbocycles. The normalized spacial score (nSPS) is 21.3. The fourth-order valence-corrected chi connectivity index (χ4v) is 2.88. The average molecular weight is 350 g/mol. The van der Waals surface area contributed by atoms with Gasteiger partial charge in [0.2, 0.25) is 0 Å². The van der Waals surface area contributed by atoms with Crippen molar-refractivity contribution in [3.63, 3.8) is 0 Å². The van der Waals surface area contributed by atoms with E-state index in [4.69, 9.17) is 9.47 Å². The molecule has 2 atom stereocenters. The highest BCUT2D eigenvalue weighted by atomic mass is 16.6. The van der Waals surface area contributed by atoms with Crippen LogP contribution in [0, 0.1) is 0 Å². The van der Waals surface area contributed by atoms with Gasteiger partial charge in [0.05, 0.1) is 6.61 Å². The van der Waals surface area contributed by atoms with Gasteiger partial charge in [0.1, 0.15) is 11.7 Å². The molecule has 0 radical (unpaired) electrons. The number of nitrogens with zero attached hydrogens (tertiary/aromatic N) is 2. The van der Waals surface area contributed by atoms with Gasteiger partial charge in [-0.15, -0.1) is 0 Å². The molecule has 0 aliphatic carbocycles. The predicted molar refractivity (Wildman–Crippen MR) is 91.8 cm³/mol. The molecular weight excluding hydrogens is 324 g/mol. The molecule has 1 aromatic heterocycles. The van der Waals surface area contributed by atoms with Crippen LogP contribution in [0.25, 0.3) is 0 Å². The summed E-state index contributed by atoms with van der Waals surface area (Å²) in [7, 11) is 1.76. The molecule has 7 heteroatoms. The van der Waals surface area contributed by atoms with Crippen molar-refractivity contribution in [3.8, 4) is 0 Å². The van der Waals surface area contributed by atoms with Crippen LogP contribution in [0.3, 0.4) is 0 Å². The Morgan fingerprint density at radius 2 is 2.08 bits per heavy atom. The lowest BCUT2D eigenvalue weighted by atomic mass is 9.89. The summed E-state index contributed by atoms with van der Waals surface area (Å²) in [5.74, 6) is -0.691. The number of amides is 1. The van der Waals surface area contributed by atoms with Crippen molar-refractivity contribution in [3.05, 3.63) is 36.2 Å². The summed E-state index contributed by atoms with van der Waals surface area (Å²) >= 11 is 0. The quantitative estimate of drug-likeness (QED) is 0.665. The van der Waals surface area contributed by atoms with Crippen LogP contribution in [0.4, 0.5) is 4.79 Å². The van der Waals surface area contributed by atoms with E-state index in [1.165, 1.54) is 11.0 Å². The lowest BCUT2D eigenvalue weighted by molar-refractivity contribution is -0.160. The van der Waals surface area contributed by atoms with Gasteiger partial charge in [-0.1, -0.05) is 6.08 Å². The SMILES string of the molecule is CCOC(=O)[C@]1([C@H](O)c2cccn2C)C=CCN1C(=O)OC(C)(C)C. The largest absolute Gasteiger partial charge is 0.464 e. The summed E-state index contributed by atoms with van der Waals surface area (Å²) in [6.07, 6.45) is 2.96. The van der Waals surface area contributed by atoms with Crippen LogP contribution in [0.15, 0.2) is 30.5 Å². The highest BCUT2D eigenvalue weighted by Crippen LogP contribution is 2.38. The van der Waals surface area contributed by atoms with E-state index in [0.717, 1.165) is 0 Å². The lowest BCUT2D eigenvalue weighted by Gasteiger charge is -2.39. The molecule has 1 aromatic rings. The molecule has 7 nitrogen and oxygen atoms in total. The minimum absolute atomic E-state index is 0.135. The minimum Gasteiger partial charge on any atom is -0.464 e. The maximum atomic E-state index is 12.8. The fraction of sp³-hybridized carbons (Fsp3) is 0.556. The summed E-state index contributed by atoms with van der Waals surface area (Å²) in [5, 5.41) is 11.0. The number of esters is 1. The highest BCUT2D eigenvalue weighted by Gasteiger charge is 2.55. The van der Waals surface area contributed by atoms with Crippen LogP contribution in [0.2, 0.25) is 0 Å². The molecule has 0 fully saturated rings. The molecule has 25 heavy (non-hydrogen) atoms. The zero-order chi connectivity index (χ0) is 18.8. The first-order valence-corrected chi connectivity index (χ1v) is 8.28. The van der Waals surface area contributed by atoms with Crippen LogP contribution in [0.1, 0.15) is 39.5 Å². The van der Waals surface area contributed by atoms with E-state index < -0.39 is 29.3 Å². The molecule has 1 amide bonds. The van der Waals surface area contributed by atoms with E-state index in [1.54, 1.807) is 63.7 Å². The zero-order valence-electron chi connectivity index (χ0n) is 15.4. The second-order valence-corrected chi connectivity index (χ2v) is 6.99. The molecule has 0 spiro atoms. The Kier molecular flexibility index (Phi) is 5.27. The Hall–Kier alpha value is -2.28. The van der Waals surface area contributed by atoms with E-state index in [2.05, 4.69) is 0 Å². The molecule has 0 unspecified atom stereocenters. The number of aromatic nitrogens is 1. The second-order valence-electron chi connectivity index (χ2n) is 6.99. The number of aliphatic hydroxyl groups excluding tert-OH is 1. The van der Waals surface area contributed by atoms with E-state index in [1.807, 2.05) is 0 Å². The Bertz CT molecular complexity index is 673. The van der Waals surface area contributed by atoms with Crippen LogP contribution in [0.5, 0.6) is 0 Å². The molecule has 138 valence electrons. The third-order valence-corrected chi connectivity index (χ3v) is 4.00. The van der Waals surface area contributed by atoms with Gasteiger partial charge >= 0.3 is 12.1 Å². The predicted octanol–water partition coefficient (Wildman–Crippen LogP) is 2.17. The van der Waals surface area contributed by atoms with E-state index >= 15 is 0 Å². The Balaban J connectivity index is 2.47. The smallest absolute Gasteiger partial charge is 0.411 e. The number of aliphatic hydroxyl groups is 1. The molecule has 0 saturated carbocycles. The molecular formula is C18H26N2O5. The fourth-order valence-electron chi connectivity index (χ4n) is 2.88. The van der Waals surface area contributed by atoms with Crippen molar-refractivity contribution in [2.75, 3.05) is 13.2 Å². The van der Waals surface area contributed by atoms with Crippen LogP contribution < -0.4 is 0 Å². The monoisotopic (exact) mass is 350 g/mol. The van der Waals surface area contributed by atoms with E-state index in [0.29, 0.717) is 5.69 Å². The minimum atomic E-state index is -1.66. The number of ether oxygens (including phenoxy) is 2. The molecule has 1 N–H and O–H groups in total. The molecule has 0 bridgehead atoms.